The maximum Gasteiger partial charge on any atom is 0.0866 e. The van der Waals surface area contributed by atoms with Crippen molar-refractivity contribution in [2.45, 2.75) is 13.3 Å². The summed E-state index contributed by atoms with van der Waals surface area (Å²) >= 11 is 0. The number of rotatable bonds is 2. The lowest BCUT2D eigenvalue weighted by Gasteiger charge is -2.10. The number of aryl methyl sites for hydroxylation is 1. The predicted octanol–water partition coefficient (Wildman–Crippen LogP) is 5.26. The van der Waals surface area contributed by atoms with Gasteiger partial charge in [-0.15, -0.1) is 0 Å². The Morgan fingerprint density at radius 2 is 1.65 bits per heavy atom. The molecule has 0 aliphatic carbocycles. The van der Waals surface area contributed by atoms with Gasteiger partial charge in [0, 0.05) is 28.9 Å². The summed E-state index contributed by atoms with van der Waals surface area (Å²) in [6.45, 7) is 2.17. The highest BCUT2D eigenvalue weighted by atomic mass is 14.7. The van der Waals surface area contributed by atoms with E-state index in [2.05, 4.69) is 60.1 Å². The molecule has 2 aromatic carbocycles. The monoisotopic (exact) mass is 334 g/mol. The number of benzene rings is 2. The zero-order chi connectivity index (χ0) is 17.8. The minimum Gasteiger partial charge on any atom is -0.265 e. The van der Waals surface area contributed by atoms with Crippen LogP contribution in [0.1, 0.15) is 23.6 Å². The Morgan fingerprint density at radius 1 is 0.846 bits per heavy atom. The van der Waals surface area contributed by atoms with Gasteiger partial charge in [0.25, 0.3) is 0 Å². The number of hydrogen-bond acceptors (Lipinski definition) is 2. The molecule has 0 saturated carbocycles. The molecule has 0 amide bonds. The molecule has 124 valence electrons. The first-order valence-corrected chi connectivity index (χ1v) is 8.75. The lowest BCUT2D eigenvalue weighted by molar-refractivity contribution is 1.12. The van der Waals surface area contributed by atoms with Crippen LogP contribution in [0.3, 0.4) is 0 Å². The molecule has 4 rings (SSSR count). The summed E-state index contributed by atoms with van der Waals surface area (Å²) in [5, 5.41) is 1.13. The molecule has 0 fully saturated rings. The molecule has 0 radical (unpaired) electrons. The fraction of sp³-hybridized carbons (Fsp3) is 0.0833. The topological polar surface area (TPSA) is 25.8 Å². The second-order valence-electron chi connectivity index (χ2n) is 6.08. The molecule has 0 saturated heterocycles. The predicted molar refractivity (Wildman–Crippen MR) is 107 cm³/mol. The molecule has 2 nitrogen and oxygen atoms in total. The van der Waals surface area contributed by atoms with Crippen LogP contribution in [-0.2, 0) is 6.42 Å². The van der Waals surface area contributed by atoms with Crippen molar-refractivity contribution in [2.24, 2.45) is 0 Å². The summed E-state index contributed by atoms with van der Waals surface area (Å²) in [7, 11) is 0. The molecule has 2 heteroatoms. The highest BCUT2D eigenvalue weighted by molar-refractivity contribution is 5.88. The van der Waals surface area contributed by atoms with E-state index in [0.717, 1.165) is 39.7 Å². The van der Waals surface area contributed by atoms with Crippen molar-refractivity contribution in [3.63, 3.8) is 0 Å². The molecule has 0 atom stereocenters. The van der Waals surface area contributed by atoms with E-state index in [1.54, 1.807) is 12.4 Å². The smallest absolute Gasteiger partial charge is 0.0866 e. The molecule has 0 aliphatic rings. The first-order chi connectivity index (χ1) is 12.8. The number of para-hydroxylation sites is 1. The number of aromatic nitrogens is 2. The SMILES string of the molecule is CCc1cc2cccc(C#Cc3ccncc3)c2nc1-c1ccccc1. The van der Waals surface area contributed by atoms with Gasteiger partial charge in [0.15, 0.2) is 0 Å². The van der Waals surface area contributed by atoms with E-state index in [1.165, 1.54) is 5.56 Å². The summed E-state index contributed by atoms with van der Waals surface area (Å²) in [5.74, 6) is 6.49. The van der Waals surface area contributed by atoms with Crippen molar-refractivity contribution in [3.05, 3.63) is 95.8 Å². The van der Waals surface area contributed by atoms with E-state index in [1.807, 2.05) is 30.3 Å². The van der Waals surface area contributed by atoms with Crippen LogP contribution in [0.25, 0.3) is 22.2 Å². The average Bonchev–Trinajstić information content (AvgIpc) is 2.72. The molecular formula is C24H18N2. The van der Waals surface area contributed by atoms with Crippen molar-refractivity contribution >= 4 is 10.9 Å². The quantitative estimate of drug-likeness (QED) is 0.467. The second-order valence-corrected chi connectivity index (χ2v) is 6.08. The summed E-state index contributed by atoms with van der Waals surface area (Å²) < 4.78 is 0. The van der Waals surface area contributed by atoms with Gasteiger partial charge in [-0.3, -0.25) is 4.98 Å². The van der Waals surface area contributed by atoms with E-state index >= 15 is 0 Å². The van der Waals surface area contributed by atoms with Gasteiger partial charge in [0.05, 0.1) is 16.8 Å². The zero-order valence-electron chi connectivity index (χ0n) is 14.6. The van der Waals surface area contributed by atoms with Crippen LogP contribution in [-0.4, -0.2) is 9.97 Å². The second kappa shape index (κ2) is 7.21. The lowest BCUT2D eigenvalue weighted by atomic mass is 10.00. The Morgan fingerprint density at radius 3 is 2.42 bits per heavy atom. The summed E-state index contributed by atoms with van der Waals surface area (Å²) in [6, 6.07) is 22.6. The van der Waals surface area contributed by atoms with E-state index < -0.39 is 0 Å². The normalized spacial score (nSPS) is 10.3. The van der Waals surface area contributed by atoms with Crippen LogP contribution in [0.5, 0.6) is 0 Å². The number of fused-ring (bicyclic) bond motifs is 1. The highest BCUT2D eigenvalue weighted by Crippen LogP contribution is 2.27. The number of pyridine rings is 2. The molecule has 2 heterocycles. The minimum absolute atomic E-state index is 0.944. The fourth-order valence-corrected chi connectivity index (χ4v) is 3.03. The minimum atomic E-state index is 0.944. The first kappa shape index (κ1) is 16.1. The van der Waals surface area contributed by atoms with Gasteiger partial charge in [0.2, 0.25) is 0 Å². The first-order valence-electron chi connectivity index (χ1n) is 8.75. The van der Waals surface area contributed by atoms with Gasteiger partial charge in [0.1, 0.15) is 0 Å². The molecule has 4 aromatic rings. The zero-order valence-corrected chi connectivity index (χ0v) is 14.6. The Balaban J connectivity index is 1.89. The Kier molecular flexibility index (Phi) is 4.45. The molecule has 2 aromatic heterocycles. The van der Waals surface area contributed by atoms with Gasteiger partial charge < -0.3 is 0 Å². The maximum atomic E-state index is 5.01. The summed E-state index contributed by atoms with van der Waals surface area (Å²) in [5.41, 5.74) is 6.28. The van der Waals surface area contributed by atoms with Crippen molar-refractivity contribution in [1.82, 2.24) is 9.97 Å². The standard InChI is InChI=1S/C24H18N2/c1-2-19-17-22-10-6-9-21(12-11-18-13-15-25-16-14-18)24(22)26-23(19)20-7-4-3-5-8-20/h3-10,13-17H,2H2,1H3. The van der Waals surface area contributed by atoms with Crippen molar-refractivity contribution in [2.75, 3.05) is 0 Å². The van der Waals surface area contributed by atoms with Gasteiger partial charge >= 0.3 is 0 Å². The third-order valence-electron chi connectivity index (χ3n) is 4.37. The molecular weight excluding hydrogens is 316 g/mol. The highest BCUT2D eigenvalue weighted by Gasteiger charge is 2.09. The van der Waals surface area contributed by atoms with Crippen LogP contribution in [0, 0.1) is 11.8 Å². The molecule has 0 spiro atoms. The third-order valence-corrected chi connectivity index (χ3v) is 4.37. The van der Waals surface area contributed by atoms with Crippen molar-refractivity contribution in [1.29, 1.82) is 0 Å². The summed E-state index contributed by atoms with van der Waals surface area (Å²) in [6.07, 6.45) is 4.46. The van der Waals surface area contributed by atoms with E-state index in [-0.39, 0.29) is 0 Å². The third kappa shape index (κ3) is 3.20. The Labute approximate surface area is 153 Å². The van der Waals surface area contributed by atoms with Gasteiger partial charge in [-0.2, -0.15) is 0 Å². The van der Waals surface area contributed by atoms with Gasteiger partial charge in [-0.1, -0.05) is 61.2 Å². The van der Waals surface area contributed by atoms with Crippen LogP contribution < -0.4 is 0 Å². The number of nitrogens with zero attached hydrogens (tertiary/aromatic N) is 2. The molecule has 0 bridgehead atoms. The Bertz CT molecular complexity index is 1100. The molecule has 26 heavy (non-hydrogen) atoms. The van der Waals surface area contributed by atoms with E-state index in [0.29, 0.717) is 0 Å². The van der Waals surface area contributed by atoms with Crippen LogP contribution in [0.4, 0.5) is 0 Å². The van der Waals surface area contributed by atoms with Crippen LogP contribution in [0.15, 0.2) is 79.1 Å². The lowest BCUT2D eigenvalue weighted by Crippen LogP contribution is -1.95. The molecule has 0 unspecified atom stereocenters. The average molecular weight is 334 g/mol. The maximum absolute atomic E-state index is 5.01. The van der Waals surface area contributed by atoms with E-state index in [4.69, 9.17) is 4.98 Å². The van der Waals surface area contributed by atoms with E-state index in [9.17, 15) is 0 Å². The summed E-state index contributed by atoms with van der Waals surface area (Å²) in [4.78, 5) is 9.05. The molecule has 0 aliphatic heterocycles. The van der Waals surface area contributed by atoms with Crippen molar-refractivity contribution < 1.29 is 0 Å². The molecule has 0 N–H and O–H groups in total. The van der Waals surface area contributed by atoms with Gasteiger partial charge in [-0.05, 0) is 36.2 Å². The Hall–Kier alpha value is -3.44. The van der Waals surface area contributed by atoms with Crippen LogP contribution in [0.2, 0.25) is 0 Å². The largest absolute Gasteiger partial charge is 0.265 e. The fourth-order valence-electron chi connectivity index (χ4n) is 3.03. The van der Waals surface area contributed by atoms with Gasteiger partial charge in [-0.25, -0.2) is 4.98 Å². The van der Waals surface area contributed by atoms with Crippen LogP contribution >= 0.6 is 0 Å². The number of hydrogen-bond donors (Lipinski definition) is 0. The van der Waals surface area contributed by atoms with Crippen molar-refractivity contribution in [3.8, 4) is 23.1 Å².